The summed E-state index contributed by atoms with van der Waals surface area (Å²) in [5.41, 5.74) is 0.560. The number of nitrogens with one attached hydrogen (secondary N) is 2. The molecule has 1 aromatic carbocycles. The maximum absolute atomic E-state index is 12.2. The van der Waals surface area contributed by atoms with Gasteiger partial charge in [0.1, 0.15) is 6.04 Å². The molecule has 2 aromatic rings. The number of methoxy groups -OCH3 is 2. The zero-order chi connectivity index (χ0) is 16.8. The molecule has 23 heavy (non-hydrogen) atoms. The molecule has 2 rings (SSSR count). The number of carbonyl (C=O) groups excluding carboxylic acids is 2. The minimum absolute atomic E-state index is 0.269. The summed E-state index contributed by atoms with van der Waals surface area (Å²) in [6.07, 6.45) is 0. The lowest BCUT2D eigenvalue weighted by molar-refractivity contribution is -0.117. The molecule has 0 aliphatic carbocycles. The van der Waals surface area contributed by atoms with Gasteiger partial charge in [-0.2, -0.15) is 0 Å². The highest BCUT2D eigenvalue weighted by Gasteiger charge is 2.17. The van der Waals surface area contributed by atoms with E-state index in [2.05, 4.69) is 10.6 Å². The topological polar surface area (TPSA) is 76.7 Å². The minimum atomic E-state index is -0.669. The van der Waals surface area contributed by atoms with Crippen molar-refractivity contribution >= 4 is 28.8 Å². The second kappa shape index (κ2) is 7.64. The van der Waals surface area contributed by atoms with E-state index in [9.17, 15) is 9.59 Å². The highest BCUT2D eigenvalue weighted by atomic mass is 32.1. The molecule has 0 saturated carbocycles. The highest BCUT2D eigenvalue weighted by Crippen LogP contribution is 2.29. The second-order valence-electron chi connectivity index (χ2n) is 4.73. The summed E-state index contributed by atoms with van der Waals surface area (Å²) in [5.74, 6) is 0.502. The Labute approximate surface area is 138 Å². The van der Waals surface area contributed by atoms with Crippen LogP contribution in [0.15, 0.2) is 35.7 Å². The largest absolute Gasteiger partial charge is 0.493 e. The molecule has 6 nitrogen and oxygen atoms in total. The fraction of sp³-hybridized carbons (Fsp3) is 0.250. The van der Waals surface area contributed by atoms with Crippen LogP contribution in [-0.4, -0.2) is 32.1 Å². The van der Waals surface area contributed by atoms with E-state index < -0.39 is 6.04 Å². The first kappa shape index (κ1) is 16.8. The van der Waals surface area contributed by atoms with Crippen LogP contribution in [0.1, 0.15) is 16.6 Å². The smallest absolute Gasteiger partial charge is 0.261 e. The lowest BCUT2D eigenvalue weighted by atomic mass is 10.2. The molecule has 0 spiro atoms. The summed E-state index contributed by atoms with van der Waals surface area (Å²) in [7, 11) is 3.06. The van der Waals surface area contributed by atoms with Crippen LogP contribution in [0.5, 0.6) is 11.5 Å². The number of anilines is 1. The molecule has 1 unspecified atom stereocenters. The zero-order valence-electron chi connectivity index (χ0n) is 13.1. The van der Waals surface area contributed by atoms with Crippen molar-refractivity contribution < 1.29 is 19.1 Å². The van der Waals surface area contributed by atoms with Crippen molar-refractivity contribution in [3.8, 4) is 11.5 Å². The van der Waals surface area contributed by atoms with Crippen LogP contribution in [0.25, 0.3) is 0 Å². The van der Waals surface area contributed by atoms with Crippen molar-refractivity contribution in [3.05, 3.63) is 40.6 Å². The van der Waals surface area contributed by atoms with Gasteiger partial charge in [-0.25, -0.2) is 0 Å². The Morgan fingerprint density at radius 3 is 2.48 bits per heavy atom. The van der Waals surface area contributed by atoms with Crippen molar-refractivity contribution in [2.45, 2.75) is 13.0 Å². The van der Waals surface area contributed by atoms with E-state index in [1.807, 2.05) is 5.38 Å². The van der Waals surface area contributed by atoms with Gasteiger partial charge in [0, 0.05) is 11.8 Å². The predicted octanol–water partition coefficient (Wildman–Crippen LogP) is 2.52. The van der Waals surface area contributed by atoms with Crippen molar-refractivity contribution in [2.75, 3.05) is 19.5 Å². The Hall–Kier alpha value is -2.54. The van der Waals surface area contributed by atoms with Crippen molar-refractivity contribution in [2.24, 2.45) is 0 Å². The minimum Gasteiger partial charge on any atom is -0.493 e. The van der Waals surface area contributed by atoms with Gasteiger partial charge in [-0.3, -0.25) is 9.59 Å². The molecular formula is C16H18N2O4S. The van der Waals surface area contributed by atoms with Gasteiger partial charge in [-0.05, 0) is 30.5 Å². The van der Waals surface area contributed by atoms with E-state index in [0.717, 1.165) is 0 Å². The summed E-state index contributed by atoms with van der Waals surface area (Å²) >= 11 is 1.32. The van der Waals surface area contributed by atoms with E-state index in [4.69, 9.17) is 9.47 Å². The number of ether oxygens (including phenoxy) is 2. The molecule has 0 fully saturated rings. The number of amides is 2. The van der Waals surface area contributed by atoms with E-state index in [1.165, 1.54) is 25.6 Å². The average molecular weight is 334 g/mol. The average Bonchev–Trinajstić information content (AvgIpc) is 3.09. The molecule has 0 aliphatic rings. The van der Waals surface area contributed by atoms with Crippen LogP contribution in [0.3, 0.4) is 0 Å². The van der Waals surface area contributed by atoms with E-state index >= 15 is 0 Å². The number of thiophene rings is 1. The summed E-state index contributed by atoms with van der Waals surface area (Å²) < 4.78 is 10.3. The standard InChI is InChI=1S/C16H18N2O4S/c1-10(17-16(20)14-5-4-8-23-14)15(19)18-11-6-7-12(21-2)13(9-11)22-3/h4-10H,1-3H3,(H,17,20)(H,18,19). The Morgan fingerprint density at radius 1 is 1.13 bits per heavy atom. The van der Waals surface area contributed by atoms with Crippen LogP contribution in [-0.2, 0) is 4.79 Å². The molecule has 122 valence electrons. The maximum Gasteiger partial charge on any atom is 0.261 e. The number of carbonyl (C=O) groups is 2. The van der Waals surface area contributed by atoms with Gasteiger partial charge in [-0.1, -0.05) is 6.07 Å². The van der Waals surface area contributed by atoms with Gasteiger partial charge in [-0.15, -0.1) is 11.3 Å². The van der Waals surface area contributed by atoms with Crippen LogP contribution in [0, 0.1) is 0 Å². The number of rotatable bonds is 6. The summed E-state index contributed by atoms with van der Waals surface area (Å²) in [5, 5.41) is 7.20. The number of hydrogen-bond donors (Lipinski definition) is 2. The molecule has 1 heterocycles. The molecule has 7 heteroatoms. The van der Waals surface area contributed by atoms with Gasteiger partial charge in [0.05, 0.1) is 19.1 Å². The lowest BCUT2D eigenvalue weighted by Gasteiger charge is -2.15. The van der Waals surface area contributed by atoms with E-state index in [1.54, 1.807) is 37.3 Å². The van der Waals surface area contributed by atoms with Crippen molar-refractivity contribution in [1.82, 2.24) is 5.32 Å². The highest BCUT2D eigenvalue weighted by molar-refractivity contribution is 7.12. The summed E-state index contributed by atoms with van der Waals surface area (Å²) in [6.45, 7) is 1.63. The molecule has 0 saturated heterocycles. The third-order valence-corrected chi connectivity index (χ3v) is 4.01. The van der Waals surface area contributed by atoms with Crippen LogP contribution in [0.2, 0.25) is 0 Å². The molecule has 0 aliphatic heterocycles. The molecule has 2 N–H and O–H groups in total. The van der Waals surface area contributed by atoms with Gasteiger partial charge >= 0.3 is 0 Å². The van der Waals surface area contributed by atoms with E-state index in [-0.39, 0.29) is 11.8 Å². The molecule has 1 aromatic heterocycles. The zero-order valence-corrected chi connectivity index (χ0v) is 13.9. The Bertz CT molecular complexity index is 685. The number of hydrogen-bond acceptors (Lipinski definition) is 5. The van der Waals surface area contributed by atoms with Gasteiger partial charge < -0.3 is 20.1 Å². The Balaban J connectivity index is 1.99. The molecule has 0 radical (unpaired) electrons. The van der Waals surface area contributed by atoms with Crippen molar-refractivity contribution in [3.63, 3.8) is 0 Å². The fourth-order valence-electron chi connectivity index (χ4n) is 1.91. The summed E-state index contributed by atoms with van der Waals surface area (Å²) in [4.78, 5) is 24.7. The van der Waals surface area contributed by atoms with Crippen LogP contribution < -0.4 is 20.1 Å². The normalized spacial score (nSPS) is 11.4. The first-order chi connectivity index (χ1) is 11.0. The Kier molecular flexibility index (Phi) is 5.59. The first-order valence-electron chi connectivity index (χ1n) is 6.92. The third-order valence-electron chi connectivity index (χ3n) is 3.14. The fourth-order valence-corrected chi connectivity index (χ4v) is 2.53. The second-order valence-corrected chi connectivity index (χ2v) is 5.68. The van der Waals surface area contributed by atoms with Crippen LogP contribution >= 0.6 is 11.3 Å². The van der Waals surface area contributed by atoms with Crippen LogP contribution in [0.4, 0.5) is 5.69 Å². The monoisotopic (exact) mass is 334 g/mol. The summed E-state index contributed by atoms with van der Waals surface area (Å²) in [6, 6.07) is 7.88. The van der Waals surface area contributed by atoms with Gasteiger partial charge in [0.15, 0.2) is 11.5 Å². The van der Waals surface area contributed by atoms with Gasteiger partial charge in [0.25, 0.3) is 5.91 Å². The van der Waals surface area contributed by atoms with Gasteiger partial charge in [0.2, 0.25) is 5.91 Å². The first-order valence-corrected chi connectivity index (χ1v) is 7.80. The Morgan fingerprint density at radius 2 is 1.87 bits per heavy atom. The maximum atomic E-state index is 12.2. The third kappa shape index (κ3) is 4.23. The molecule has 0 bridgehead atoms. The van der Waals surface area contributed by atoms with Crippen molar-refractivity contribution in [1.29, 1.82) is 0 Å². The van der Waals surface area contributed by atoms with E-state index in [0.29, 0.717) is 22.1 Å². The molecular weight excluding hydrogens is 316 g/mol. The number of benzene rings is 1. The lowest BCUT2D eigenvalue weighted by Crippen LogP contribution is -2.41. The molecule has 1 atom stereocenters. The SMILES string of the molecule is COc1ccc(NC(=O)C(C)NC(=O)c2cccs2)cc1OC. The quantitative estimate of drug-likeness (QED) is 0.851. The predicted molar refractivity (Wildman–Crippen MR) is 89.4 cm³/mol. The molecule has 2 amide bonds.